The Hall–Kier alpha value is -2.07. The maximum Gasteiger partial charge on any atom is 0.339 e. The van der Waals surface area contributed by atoms with E-state index in [0.717, 1.165) is 17.0 Å². The first kappa shape index (κ1) is 14.3. The number of esters is 1. The first-order chi connectivity index (χ1) is 9.67. The topological polar surface area (TPSA) is 51.3 Å². The second kappa shape index (κ2) is 6.39. The SMILES string of the molecule is CCOC(=O)c1cc(C(OC)c2ccccc2)[nH]c1C. The molecule has 0 amide bonds. The summed E-state index contributed by atoms with van der Waals surface area (Å²) in [6.07, 6.45) is -0.224. The van der Waals surface area contributed by atoms with E-state index in [1.807, 2.05) is 37.3 Å². The Bertz CT molecular complexity index is 575. The molecule has 1 aromatic carbocycles. The van der Waals surface area contributed by atoms with Crippen molar-refractivity contribution < 1.29 is 14.3 Å². The predicted octanol–water partition coefficient (Wildman–Crippen LogP) is 3.24. The molecule has 2 aromatic rings. The minimum Gasteiger partial charge on any atom is -0.462 e. The highest BCUT2D eigenvalue weighted by molar-refractivity contribution is 5.91. The fourth-order valence-corrected chi connectivity index (χ4v) is 2.22. The van der Waals surface area contributed by atoms with Crippen molar-refractivity contribution in [2.75, 3.05) is 13.7 Å². The van der Waals surface area contributed by atoms with Crippen LogP contribution in [0.3, 0.4) is 0 Å². The Labute approximate surface area is 118 Å². The minimum atomic E-state index is -0.310. The summed E-state index contributed by atoms with van der Waals surface area (Å²) in [5.74, 6) is -0.310. The van der Waals surface area contributed by atoms with E-state index in [0.29, 0.717) is 12.2 Å². The van der Waals surface area contributed by atoms with Gasteiger partial charge < -0.3 is 14.5 Å². The number of carbonyl (C=O) groups is 1. The number of ether oxygens (including phenoxy) is 2. The molecule has 0 fully saturated rings. The highest BCUT2D eigenvalue weighted by Gasteiger charge is 2.20. The average molecular weight is 273 g/mol. The van der Waals surface area contributed by atoms with Gasteiger partial charge in [-0.2, -0.15) is 0 Å². The van der Waals surface area contributed by atoms with Crippen LogP contribution in [0.25, 0.3) is 0 Å². The molecule has 2 rings (SSSR count). The summed E-state index contributed by atoms with van der Waals surface area (Å²) in [5, 5.41) is 0. The summed E-state index contributed by atoms with van der Waals surface area (Å²) in [7, 11) is 1.65. The number of methoxy groups -OCH3 is 1. The van der Waals surface area contributed by atoms with Crippen LogP contribution >= 0.6 is 0 Å². The smallest absolute Gasteiger partial charge is 0.339 e. The minimum absolute atomic E-state index is 0.224. The zero-order chi connectivity index (χ0) is 14.5. The van der Waals surface area contributed by atoms with Gasteiger partial charge in [-0.3, -0.25) is 0 Å². The normalized spacial score (nSPS) is 12.2. The summed E-state index contributed by atoms with van der Waals surface area (Å²) >= 11 is 0. The molecule has 4 heteroatoms. The Morgan fingerprint density at radius 2 is 2.00 bits per heavy atom. The number of benzene rings is 1. The van der Waals surface area contributed by atoms with E-state index < -0.39 is 0 Å². The number of aryl methyl sites for hydroxylation is 1. The molecule has 0 radical (unpaired) electrons. The van der Waals surface area contributed by atoms with Crippen LogP contribution in [0, 0.1) is 6.92 Å². The van der Waals surface area contributed by atoms with Crippen molar-refractivity contribution in [1.82, 2.24) is 4.98 Å². The molecule has 0 saturated carbocycles. The molecular weight excluding hydrogens is 254 g/mol. The van der Waals surface area contributed by atoms with Crippen LogP contribution in [0.15, 0.2) is 36.4 Å². The second-order valence-corrected chi connectivity index (χ2v) is 4.51. The van der Waals surface area contributed by atoms with Crippen molar-refractivity contribution in [3.05, 3.63) is 58.9 Å². The van der Waals surface area contributed by atoms with Crippen molar-refractivity contribution in [1.29, 1.82) is 0 Å². The molecule has 0 aliphatic rings. The molecule has 106 valence electrons. The first-order valence-corrected chi connectivity index (χ1v) is 6.61. The third-order valence-corrected chi connectivity index (χ3v) is 3.15. The molecule has 20 heavy (non-hydrogen) atoms. The van der Waals surface area contributed by atoms with E-state index in [1.165, 1.54) is 0 Å². The molecule has 1 heterocycles. The Kier molecular flexibility index (Phi) is 4.58. The maximum atomic E-state index is 11.8. The van der Waals surface area contributed by atoms with E-state index in [-0.39, 0.29) is 12.1 Å². The number of hydrogen-bond donors (Lipinski definition) is 1. The number of aromatic nitrogens is 1. The zero-order valence-corrected chi connectivity index (χ0v) is 12.0. The monoisotopic (exact) mass is 273 g/mol. The number of nitrogens with one attached hydrogen (secondary N) is 1. The highest BCUT2D eigenvalue weighted by atomic mass is 16.5. The van der Waals surface area contributed by atoms with Gasteiger partial charge >= 0.3 is 5.97 Å². The van der Waals surface area contributed by atoms with Gasteiger partial charge in [0.25, 0.3) is 0 Å². The third-order valence-electron chi connectivity index (χ3n) is 3.15. The van der Waals surface area contributed by atoms with Crippen LogP contribution in [-0.2, 0) is 9.47 Å². The summed E-state index contributed by atoms with van der Waals surface area (Å²) in [6.45, 7) is 4.02. The molecule has 0 bridgehead atoms. The van der Waals surface area contributed by atoms with Crippen molar-refractivity contribution in [3.63, 3.8) is 0 Å². The Morgan fingerprint density at radius 3 is 2.60 bits per heavy atom. The number of rotatable bonds is 5. The summed E-state index contributed by atoms with van der Waals surface area (Å²) in [6, 6.07) is 11.7. The van der Waals surface area contributed by atoms with Crippen LogP contribution in [0.2, 0.25) is 0 Å². The summed E-state index contributed by atoms with van der Waals surface area (Å²) < 4.78 is 10.6. The molecule has 0 aliphatic carbocycles. The lowest BCUT2D eigenvalue weighted by Gasteiger charge is -2.14. The van der Waals surface area contributed by atoms with Crippen molar-refractivity contribution in [3.8, 4) is 0 Å². The van der Waals surface area contributed by atoms with Crippen LogP contribution in [0.1, 0.15) is 40.3 Å². The predicted molar refractivity (Wildman–Crippen MR) is 76.8 cm³/mol. The fourth-order valence-electron chi connectivity index (χ4n) is 2.22. The van der Waals surface area contributed by atoms with Gasteiger partial charge in [-0.1, -0.05) is 30.3 Å². The van der Waals surface area contributed by atoms with E-state index >= 15 is 0 Å². The third kappa shape index (κ3) is 2.91. The van der Waals surface area contributed by atoms with E-state index in [2.05, 4.69) is 4.98 Å². The molecule has 4 nitrogen and oxygen atoms in total. The van der Waals surface area contributed by atoms with Gasteiger partial charge in [-0.15, -0.1) is 0 Å². The lowest BCUT2D eigenvalue weighted by molar-refractivity contribution is 0.0525. The van der Waals surface area contributed by atoms with Gasteiger partial charge in [-0.25, -0.2) is 4.79 Å². The molecule has 0 aliphatic heterocycles. The lowest BCUT2D eigenvalue weighted by atomic mass is 10.1. The van der Waals surface area contributed by atoms with Crippen LogP contribution in [0.4, 0.5) is 0 Å². The molecule has 1 unspecified atom stereocenters. The lowest BCUT2D eigenvalue weighted by Crippen LogP contribution is -2.05. The summed E-state index contributed by atoms with van der Waals surface area (Å²) in [5.41, 5.74) is 3.22. The van der Waals surface area contributed by atoms with Crippen LogP contribution in [-0.4, -0.2) is 24.7 Å². The summed E-state index contributed by atoms with van der Waals surface area (Å²) in [4.78, 5) is 15.1. The number of H-pyrrole nitrogens is 1. The molecular formula is C16H19NO3. The van der Waals surface area contributed by atoms with Gasteiger partial charge in [-0.05, 0) is 25.5 Å². The fraction of sp³-hybridized carbons (Fsp3) is 0.312. The molecule has 0 spiro atoms. The van der Waals surface area contributed by atoms with Gasteiger partial charge in [0.15, 0.2) is 0 Å². The van der Waals surface area contributed by atoms with Gasteiger partial charge in [0.2, 0.25) is 0 Å². The number of carbonyl (C=O) groups excluding carboxylic acids is 1. The van der Waals surface area contributed by atoms with Gasteiger partial charge in [0.1, 0.15) is 6.10 Å². The quantitative estimate of drug-likeness (QED) is 0.851. The van der Waals surface area contributed by atoms with Gasteiger partial charge in [0.05, 0.1) is 12.2 Å². The van der Waals surface area contributed by atoms with E-state index in [1.54, 1.807) is 20.1 Å². The molecule has 1 atom stereocenters. The number of aromatic amines is 1. The maximum absolute atomic E-state index is 11.8. The molecule has 1 aromatic heterocycles. The second-order valence-electron chi connectivity index (χ2n) is 4.51. The van der Waals surface area contributed by atoms with Crippen LogP contribution in [0.5, 0.6) is 0 Å². The van der Waals surface area contributed by atoms with Gasteiger partial charge in [0, 0.05) is 18.5 Å². The first-order valence-electron chi connectivity index (χ1n) is 6.61. The van der Waals surface area contributed by atoms with Crippen molar-refractivity contribution in [2.45, 2.75) is 20.0 Å². The molecule has 0 saturated heterocycles. The van der Waals surface area contributed by atoms with Crippen LogP contribution < -0.4 is 0 Å². The van der Waals surface area contributed by atoms with E-state index in [9.17, 15) is 4.79 Å². The molecule has 1 N–H and O–H groups in total. The number of hydrogen-bond acceptors (Lipinski definition) is 3. The largest absolute Gasteiger partial charge is 0.462 e. The Morgan fingerprint density at radius 1 is 1.30 bits per heavy atom. The standard InChI is InChI=1S/C16H19NO3/c1-4-20-16(18)13-10-14(17-11(13)2)15(19-3)12-8-6-5-7-9-12/h5-10,15,17H,4H2,1-3H3. The average Bonchev–Trinajstić information content (AvgIpc) is 2.83. The van der Waals surface area contributed by atoms with E-state index in [4.69, 9.17) is 9.47 Å². The van der Waals surface area contributed by atoms with Crippen molar-refractivity contribution in [2.24, 2.45) is 0 Å². The Balaban J connectivity index is 2.32. The highest BCUT2D eigenvalue weighted by Crippen LogP contribution is 2.26. The zero-order valence-electron chi connectivity index (χ0n) is 12.0. The van der Waals surface area contributed by atoms with Crippen molar-refractivity contribution >= 4 is 5.97 Å².